The summed E-state index contributed by atoms with van der Waals surface area (Å²) in [7, 11) is -1.69. The van der Waals surface area contributed by atoms with Crippen molar-refractivity contribution >= 4 is 61.1 Å². The van der Waals surface area contributed by atoms with Crippen LogP contribution in [-0.2, 0) is 0 Å². The minimum absolute atomic E-state index is 0.308. The van der Waals surface area contributed by atoms with Crippen LogP contribution in [-0.4, -0.2) is 73.7 Å². The lowest BCUT2D eigenvalue weighted by Gasteiger charge is -2.38. The zero-order valence-corrected chi connectivity index (χ0v) is 62.4. The second kappa shape index (κ2) is 28.9. The first kappa shape index (κ1) is 70.0. The van der Waals surface area contributed by atoms with E-state index in [2.05, 4.69) is 222 Å². The normalized spacial score (nSPS) is 16.0. The molecule has 0 aromatic heterocycles. The lowest BCUT2D eigenvalue weighted by atomic mass is 9.27. The maximum atomic E-state index is 7.17. The number of aryl methyl sites for hydroxylation is 1. The monoisotopic (exact) mass is 1350 g/mol. The van der Waals surface area contributed by atoms with E-state index >= 15 is 0 Å². The lowest BCUT2D eigenvalue weighted by molar-refractivity contribution is -0.428. The molecule has 9 aromatic rings. The van der Waals surface area contributed by atoms with E-state index in [0.29, 0.717) is 93.3 Å². The Balaban J connectivity index is 0.000000164. The van der Waals surface area contributed by atoms with Crippen molar-refractivity contribution in [2.24, 2.45) is 0 Å². The molecule has 6 aliphatic rings. The average molecular weight is 1350 g/mol. The third-order valence-electron chi connectivity index (χ3n) is 20.6. The van der Waals surface area contributed by atoms with Gasteiger partial charge in [0.2, 0.25) is 0 Å². The largest absolute Gasteiger partial charge is 0.673 e. The average Bonchev–Trinajstić information content (AvgIpc) is 1.57. The van der Waals surface area contributed by atoms with Crippen molar-refractivity contribution < 1.29 is 46.4 Å². The molecule has 0 saturated carbocycles. The molecule has 12 nitrogen and oxygen atoms in total. The molecule has 0 atom stereocenters. The van der Waals surface area contributed by atoms with Gasteiger partial charge in [0.05, 0.1) is 0 Å². The van der Waals surface area contributed by atoms with E-state index in [4.69, 9.17) is 37.2 Å². The van der Waals surface area contributed by atoms with Crippen molar-refractivity contribution in [1.82, 2.24) is 0 Å². The van der Waals surface area contributed by atoms with Gasteiger partial charge in [-0.05, 0) is 103 Å². The standard InChI is InChI=1S/2C39H46B2N2O4.C7H8/c2*1-25(2)29-15-13-16-30(26(3)4)37(29)42-23-24-43(38-31(27(5)6)17-14-18-32(38)28(7)8)39(42)41(46-35-21-11-12-22-36(35)47-41)40-44-33-19-9-10-20-34(33)45-40;1-7-5-3-2-4-6-7/h2*9-22,25-28H,23-24H2,1-8H3;2-6H,1H3. The first-order valence-corrected chi connectivity index (χ1v) is 37.1. The van der Waals surface area contributed by atoms with Gasteiger partial charge >= 0.3 is 26.9 Å². The van der Waals surface area contributed by atoms with E-state index in [1.807, 2.05) is 115 Å². The summed E-state index contributed by atoms with van der Waals surface area (Å²) in [4.78, 5) is 4.96. The molecule has 6 aliphatic heterocycles. The van der Waals surface area contributed by atoms with Crippen LogP contribution in [0.5, 0.6) is 46.0 Å². The molecule has 0 N–H and O–H groups in total. The Labute approximate surface area is 601 Å². The summed E-state index contributed by atoms with van der Waals surface area (Å²) in [6, 6.07) is 68.8. The fourth-order valence-corrected chi connectivity index (χ4v) is 15.7. The van der Waals surface area contributed by atoms with E-state index in [9.17, 15) is 0 Å². The van der Waals surface area contributed by atoms with E-state index < -0.39 is 26.9 Å². The molecule has 9 aromatic carbocycles. The topological polar surface area (TPSA) is 86.3 Å². The fraction of sp³-hybridized carbons (Fsp3) is 0.341. The van der Waals surface area contributed by atoms with E-state index in [-0.39, 0.29) is 0 Å². The summed E-state index contributed by atoms with van der Waals surface area (Å²) < 4.78 is 60.4. The molecular formula is C85H100B4N4O8. The van der Waals surface area contributed by atoms with E-state index in [1.165, 1.54) is 72.8 Å². The first-order valence-electron chi connectivity index (χ1n) is 37.1. The third-order valence-corrected chi connectivity index (χ3v) is 20.6. The van der Waals surface area contributed by atoms with Gasteiger partial charge in [0, 0.05) is 44.5 Å². The van der Waals surface area contributed by atoms with Crippen LogP contribution >= 0.6 is 0 Å². The minimum Gasteiger partial charge on any atom is -0.673 e. The van der Waals surface area contributed by atoms with Gasteiger partial charge in [0.1, 0.15) is 94.9 Å². The lowest BCUT2D eigenvalue weighted by Crippen LogP contribution is -2.73. The van der Waals surface area contributed by atoms with Crippen molar-refractivity contribution in [3.05, 3.63) is 250 Å². The Morgan fingerprint density at radius 3 is 0.743 bits per heavy atom. The summed E-state index contributed by atoms with van der Waals surface area (Å²) >= 11 is 0. The van der Waals surface area contributed by atoms with Gasteiger partial charge in [0.25, 0.3) is 0 Å². The molecule has 6 heterocycles. The van der Waals surface area contributed by atoms with Crippen molar-refractivity contribution in [2.75, 3.05) is 36.0 Å². The van der Waals surface area contributed by atoms with Crippen LogP contribution in [0.4, 0.5) is 22.7 Å². The Morgan fingerprint density at radius 1 is 0.287 bits per heavy atom. The molecule has 0 saturated heterocycles. The zero-order chi connectivity index (χ0) is 71.2. The maximum absolute atomic E-state index is 7.17. The molecule has 520 valence electrons. The van der Waals surface area contributed by atoms with E-state index in [1.54, 1.807) is 0 Å². The predicted octanol–water partition coefficient (Wildman–Crippen LogP) is 20.5. The highest BCUT2D eigenvalue weighted by atomic mass is 16.7. The Bertz CT molecular complexity index is 4100. The highest BCUT2D eigenvalue weighted by Crippen LogP contribution is 2.51. The molecule has 16 heteroatoms. The van der Waals surface area contributed by atoms with Gasteiger partial charge in [0.15, 0.2) is 11.5 Å². The summed E-state index contributed by atoms with van der Waals surface area (Å²) in [6.45, 7) is 41.6. The summed E-state index contributed by atoms with van der Waals surface area (Å²) in [6.07, 6.45) is -4.91. The third kappa shape index (κ3) is 13.1. The number of benzene rings is 9. The number of fused-ring (bicyclic) bond motifs is 4. The van der Waals surface area contributed by atoms with Crippen molar-refractivity contribution in [2.45, 2.75) is 165 Å². The fourth-order valence-electron chi connectivity index (χ4n) is 15.7. The Hall–Kier alpha value is -9.42. The van der Waals surface area contributed by atoms with Crippen LogP contribution in [0.1, 0.15) is 208 Å². The molecule has 0 fully saturated rings. The van der Waals surface area contributed by atoms with Gasteiger partial charge in [-0.25, -0.2) is 0 Å². The zero-order valence-electron chi connectivity index (χ0n) is 62.4. The SMILES string of the molecule is CC(C)c1cccc(C(C)C)c1N1CC[N+](c2c(C(C)C)cccc2C(C)C)=C1[B-]1(B2Oc3ccccc3O2)Oc2ccccc2O1.CC(C)c1cccc(C(C)C)c1N1CC[N+](c2c(C(C)C)cccc2C(C)C)=C1[B-]1(B2Oc3ccccc3O2)Oc2ccccc2O1.Cc1ccccc1. The van der Waals surface area contributed by atoms with Crippen molar-refractivity contribution in [1.29, 1.82) is 0 Å². The quantitative estimate of drug-likeness (QED) is 0.0689. The number of amidine groups is 2. The second-order valence-electron chi connectivity index (χ2n) is 30.4. The molecule has 0 unspecified atom stereocenters. The van der Waals surface area contributed by atoms with Crippen LogP contribution in [0.3, 0.4) is 0 Å². The highest BCUT2D eigenvalue weighted by molar-refractivity contribution is 7.38. The summed E-state index contributed by atoms with van der Waals surface area (Å²) in [5.74, 6) is 7.99. The number of nitrogens with zero attached hydrogens (tertiary/aromatic N) is 4. The second-order valence-corrected chi connectivity index (χ2v) is 30.4. The van der Waals surface area contributed by atoms with Gasteiger partial charge in [-0.3, -0.25) is 19.0 Å². The minimum atomic E-state index is -2.45. The van der Waals surface area contributed by atoms with Crippen molar-refractivity contribution in [3.63, 3.8) is 0 Å². The number of hydrogen-bond acceptors (Lipinski definition) is 10. The Morgan fingerprint density at radius 2 is 0.515 bits per heavy atom. The van der Waals surface area contributed by atoms with Gasteiger partial charge in [-0.1, -0.05) is 268 Å². The summed E-state index contributed by atoms with van der Waals surface area (Å²) in [5, 5.41) is 0. The number of anilines is 2. The molecule has 0 amide bonds. The maximum Gasteiger partial charge on any atom is 0.517 e. The molecule has 0 radical (unpaired) electrons. The number of hydrogen-bond donors (Lipinski definition) is 0. The van der Waals surface area contributed by atoms with Crippen molar-refractivity contribution in [3.8, 4) is 46.0 Å². The molecular weight excluding hydrogens is 1250 g/mol. The van der Waals surface area contributed by atoms with E-state index in [0.717, 1.165) is 37.6 Å². The van der Waals surface area contributed by atoms with Gasteiger partial charge in [-0.2, -0.15) is 0 Å². The smallest absolute Gasteiger partial charge is 0.517 e. The van der Waals surface area contributed by atoms with Crippen LogP contribution in [0, 0.1) is 6.92 Å². The summed E-state index contributed by atoms with van der Waals surface area (Å²) in [5.41, 5.74) is 18.5. The van der Waals surface area contributed by atoms with Crippen LogP contribution in [0.2, 0.25) is 0 Å². The van der Waals surface area contributed by atoms with Crippen LogP contribution in [0.25, 0.3) is 0 Å². The Kier molecular flexibility index (Phi) is 20.0. The predicted molar refractivity (Wildman–Crippen MR) is 418 cm³/mol. The molecule has 0 aliphatic carbocycles. The number of para-hydroxylation sites is 12. The van der Waals surface area contributed by atoms with Gasteiger partial charge < -0.3 is 37.2 Å². The first-order chi connectivity index (χ1) is 48.6. The molecule has 0 bridgehead atoms. The molecule has 15 rings (SSSR count). The van der Waals surface area contributed by atoms with Crippen LogP contribution < -0.4 is 47.0 Å². The molecule has 101 heavy (non-hydrogen) atoms. The van der Waals surface area contributed by atoms with Gasteiger partial charge in [-0.15, -0.1) is 0 Å². The van der Waals surface area contributed by atoms with Crippen LogP contribution in [0.15, 0.2) is 200 Å². The highest BCUT2D eigenvalue weighted by Gasteiger charge is 2.69. The number of rotatable bonds is 16. The molecule has 0 spiro atoms.